The SMILES string of the molecule is C=C1CC[C@@H](C(C)C)[C@H]2/C=C(\C(=O)OC)CC/C=C(/C(=O)O)[C@H](O)C[C@H]12. The molecule has 0 radical (unpaired) electrons. The molecule has 2 rings (SSSR count). The standard InChI is InChI=1S/C21H30O5/c1-12(2)15-9-8-13(3)17-11-19(22)16(20(23)24)7-5-6-14(10-18(15)17)21(25)26-4/h7,10,12,15,17-19,22H,3,5-6,8-9,11H2,1-2,4H3,(H,23,24)/b14-10-,16-7+/t15-,17+,18+,19+/m0/s1. The topological polar surface area (TPSA) is 83.8 Å². The summed E-state index contributed by atoms with van der Waals surface area (Å²) in [6.07, 6.45) is 5.45. The summed E-state index contributed by atoms with van der Waals surface area (Å²) in [5.74, 6) is -0.706. The van der Waals surface area contributed by atoms with Crippen molar-refractivity contribution in [3.05, 3.63) is 35.5 Å². The van der Waals surface area contributed by atoms with E-state index in [1.807, 2.05) is 6.08 Å². The number of carbonyl (C=O) groups is 2. The first-order valence-corrected chi connectivity index (χ1v) is 9.34. The van der Waals surface area contributed by atoms with E-state index in [0.717, 1.165) is 18.4 Å². The van der Waals surface area contributed by atoms with E-state index < -0.39 is 12.1 Å². The molecule has 0 unspecified atom stereocenters. The number of allylic oxidation sites excluding steroid dienone is 3. The van der Waals surface area contributed by atoms with E-state index in [-0.39, 0.29) is 23.4 Å². The summed E-state index contributed by atoms with van der Waals surface area (Å²) in [4.78, 5) is 23.8. The fourth-order valence-electron chi connectivity index (χ4n) is 4.38. The fraction of sp³-hybridized carbons (Fsp3) is 0.619. The summed E-state index contributed by atoms with van der Waals surface area (Å²) < 4.78 is 4.94. The van der Waals surface area contributed by atoms with Crippen molar-refractivity contribution in [1.29, 1.82) is 0 Å². The number of hydrogen-bond donors (Lipinski definition) is 2. The largest absolute Gasteiger partial charge is 0.478 e. The first-order valence-electron chi connectivity index (χ1n) is 9.34. The quantitative estimate of drug-likeness (QED) is 0.593. The van der Waals surface area contributed by atoms with Crippen LogP contribution < -0.4 is 0 Å². The lowest BCUT2D eigenvalue weighted by Gasteiger charge is -2.41. The molecule has 5 heteroatoms. The van der Waals surface area contributed by atoms with Gasteiger partial charge in [0, 0.05) is 5.57 Å². The number of aliphatic carboxylic acids is 1. The zero-order valence-corrected chi connectivity index (χ0v) is 15.9. The van der Waals surface area contributed by atoms with E-state index in [1.165, 1.54) is 13.2 Å². The molecule has 0 aromatic carbocycles. The number of aliphatic hydroxyl groups is 1. The minimum atomic E-state index is -1.11. The number of ether oxygens (including phenoxy) is 1. The predicted molar refractivity (Wildman–Crippen MR) is 99.4 cm³/mol. The van der Waals surface area contributed by atoms with Gasteiger partial charge < -0.3 is 14.9 Å². The summed E-state index contributed by atoms with van der Waals surface area (Å²) in [7, 11) is 1.36. The first-order chi connectivity index (χ1) is 12.3. The zero-order chi connectivity index (χ0) is 19.4. The van der Waals surface area contributed by atoms with Crippen LogP contribution in [0.15, 0.2) is 35.5 Å². The van der Waals surface area contributed by atoms with Crippen LogP contribution in [-0.4, -0.2) is 35.4 Å². The number of carbonyl (C=O) groups excluding carboxylic acids is 1. The Hall–Kier alpha value is -1.88. The molecule has 0 aliphatic heterocycles. The van der Waals surface area contributed by atoms with Crippen molar-refractivity contribution >= 4 is 11.9 Å². The molecule has 2 N–H and O–H groups in total. The number of methoxy groups -OCH3 is 1. The summed E-state index contributed by atoms with van der Waals surface area (Å²) in [6, 6.07) is 0. The van der Waals surface area contributed by atoms with Gasteiger partial charge in [0.2, 0.25) is 0 Å². The monoisotopic (exact) mass is 362 g/mol. The molecule has 1 saturated carbocycles. The van der Waals surface area contributed by atoms with Crippen LogP contribution in [0.2, 0.25) is 0 Å². The maximum Gasteiger partial charge on any atom is 0.333 e. The van der Waals surface area contributed by atoms with Crippen molar-refractivity contribution in [2.45, 2.75) is 52.1 Å². The number of esters is 1. The Bertz CT molecular complexity index is 628. The third kappa shape index (κ3) is 4.44. The molecule has 1 fully saturated rings. The predicted octanol–water partition coefficient (Wildman–Crippen LogP) is 3.50. The zero-order valence-electron chi connectivity index (χ0n) is 15.9. The Morgan fingerprint density at radius 3 is 2.58 bits per heavy atom. The minimum absolute atomic E-state index is 0.00864. The van der Waals surface area contributed by atoms with Crippen molar-refractivity contribution in [3.63, 3.8) is 0 Å². The summed E-state index contributed by atoms with van der Waals surface area (Å²) >= 11 is 0. The van der Waals surface area contributed by atoms with Crippen molar-refractivity contribution in [2.75, 3.05) is 7.11 Å². The fourth-order valence-corrected chi connectivity index (χ4v) is 4.38. The third-order valence-electron chi connectivity index (χ3n) is 5.84. The lowest BCUT2D eigenvalue weighted by Crippen LogP contribution is -2.35. The Morgan fingerprint density at radius 2 is 2.00 bits per heavy atom. The Labute approximate surface area is 155 Å². The molecule has 2 aliphatic carbocycles. The molecule has 0 aromatic heterocycles. The maximum atomic E-state index is 12.2. The molecule has 5 nitrogen and oxygen atoms in total. The molecule has 0 amide bonds. The van der Waals surface area contributed by atoms with Crippen molar-refractivity contribution < 1.29 is 24.5 Å². The molecule has 0 saturated heterocycles. The number of aliphatic hydroxyl groups excluding tert-OH is 1. The molecule has 0 aromatic rings. The second-order valence-corrected chi connectivity index (χ2v) is 7.73. The van der Waals surface area contributed by atoms with Crippen LogP contribution >= 0.6 is 0 Å². The van der Waals surface area contributed by atoms with E-state index >= 15 is 0 Å². The second-order valence-electron chi connectivity index (χ2n) is 7.73. The van der Waals surface area contributed by atoms with Crippen LogP contribution in [-0.2, 0) is 14.3 Å². The molecule has 0 heterocycles. The second kappa shape index (κ2) is 8.67. The number of hydrogen-bond acceptors (Lipinski definition) is 4. The van der Waals surface area contributed by atoms with Crippen LogP contribution in [0.4, 0.5) is 0 Å². The Morgan fingerprint density at radius 1 is 1.31 bits per heavy atom. The minimum Gasteiger partial charge on any atom is -0.478 e. The number of rotatable bonds is 3. The van der Waals surface area contributed by atoms with E-state index in [1.54, 1.807) is 0 Å². The lowest BCUT2D eigenvalue weighted by atomic mass is 9.63. The van der Waals surface area contributed by atoms with Crippen LogP contribution in [0.3, 0.4) is 0 Å². The van der Waals surface area contributed by atoms with E-state index in [4.69, 9.17) is 4.74 Å². The molecule has 26 heavy (non-hydrogen) atoms. The first kappa shape index (κ1) is 20.4. The van der Waals surface area contributed by atoms with Gasteiger partial charge in [-0.15, -0.1) is 0 Å². The van der Waals surface area contributed by atoms with Crippen LogP contribution in [0.5, 0.6) is 0 Å². The van der Waals surface area contributed by atoms with Crippen molar-refractivity contribution in [1.82, 2.24) is 0 Å². The van der Waals surface area contributed by atoms with Crippen molar-refractivity contribution in [2.24, 2.45) is 23.7 Å². The van der Waals surface area contributed by atoms with Gasteiger partial charge in [0.15, 0.2) is 0 Å². The highest BCUT2D eigenvalue weighted by molar-refractivity contribution is 5.89. The highest BCUT2D eigenvalue weighted by Crippen LogP contribution is 2.45. The van der Waals surface area contributed by atoms with Gasteiger partial charge in [-0.05, 0) is 55.8 Å². The van der Waals surface area contributed by atoms with Gasteiger partial charge in [-0.1, -0.05) is 38.2 Å². The van der Waals surface area contributed by atoms with Crippen LogP contribution in [0.25, 0.3) is 0 Å². The van der Waals surface area contributed by atoms with Crippen LogP contribution in [0, 0.1) is 23.7 Å². The highest BCUT2D eigenvalue weighted by atomic mass is 16.5. The number of carboxylic acids is 1. The maximum absolute atomic E-state index is 12.2. The van der Waals surface area contributed by atoms with E-state index in [2.05, 4.69) is 20.4 Å². The Kier molecular flexibility index (Phi) is 6.81. The average molecular weight is 362 g/mol. The lowest BCUT2D eigenvalue weighted by molar-refractivity contribution is -0.136. The average Bonchev–Trinajstić information content (AvgIpc) is 2.58. The van der Waals surface area contributed by atoms with Crippen molar-refractivity contribution in [3.8, 4) is 0 Å². The molecular formula is C21H30O5. The summed E-state index contributed by atoms with van der Waals surface area (Å²) in [5.41, 5.74) is 1.62. The number of carboxylic acid groups (broad SMARTS) is 1. The van der Waals surface area contributed by atoms with Gasteiger partial charge in [-0.25, -0.2) is 9.59 Å². The molecule has 0 spiro atoms. The molecule has 4 atom stereocenters. The third-order valence-corrected chi connectivity index (χ3v) is 5.84. The summed E-state index contributed by atoms with van der Waals surface area (Å²) in [6.45, 7) is 8.52. The number of fused-ring (bicyclic) bond motifs is 1. The van der Waals surface area contributed by atoms with E-state index in [0.29, 0.717) is 36.7 Å². The van der Waals surface area contributed by atoms with Gasteiger partial charge in [-0.3, -0.25) is 0 Å². The van der Waals surface area contributed by atoms with Gasteiger partial charge in [0.1, 0.15) is 0 Å². The van der Waals surface area contributed by atoms with Gasteiger partial charge in [-0.2, -0.15) is 0 Å². The van der Waals surface area contributed by atoms with Gasteiger partial charge in [0.25, 0.3) is 0 Å². The molecule has 0 bridgehead atoms. The molecule has 144 valence electrons. The Balaban J connectivity index is 2.51. The van der Waals surface area contributed by atoms with Gasteiger partial charge >= 0.3 is 11.9 Å². The van der Waals surface area contributed by atoms with Crippen LogP contribution in [0.1, 0.15) is 46.0 Å². The van der Waals surface area contributed by atoms with Gasteiger partial charge in [0.05, 0.1) is 18.8 Å². The van der Waals surface area contributed by atoms with E-state index in [9.17, 15) is 19.8 Å². The summed E-state index contributed by atoms with van der Waals surface area (Å²) in [5, 5.41) is 20.0. The molecular weight excluding hydrogens is 332 g/mol. The smallest absolute Gasteiger partial charge is 0.333 e. The normalized spacial score (nSPS) is 34.1. The highest BCUT2D eigenvalue weighted by Gasteiger charge is 2.38. The molecule has 2 aliphatic rings.